The molecule has 0 aromatic heterocycles. The van der Waals surface area contributed by atoms with E-state index in [9.17, 15) is 5.26 Å². The molecule has 0 saturated carbocycles. The van der Waals surface area contributed by atoms with Gasteiger partial charge in [0.1, 0.15) is 11.3 Å². The lowest BCUT2D eigenvalue weighted by Gasteiger charge is -2.25. The summed E-state index contributed by atoms with van der Waals surface area (Å²) in [6, 6.07) is 17.5. The predicted octanol–water partition coefficient (Wildman–Crippen LogP) is 4.29. The third-order valence-corrected chi connectivity index (χ3v) is 3.58. The number of anilines is 1. The Morgan fingerprint density at radius 3 is 2.43 bits per heavy atom. The van der Waals surface area contributed by atoms with Crippen LogP contribution in [0.25, 0.3) is 0 Å². The number of nitrogens with zero attached hydrogens (tertiary/aromatic N) is 1. The second-order valence-electron chi connectivity index (χ2n) is 5.07. The van der Waals surface area contributed by atoms with Gasteiger partial charge in [-0.2, -0.15) is 5.26 Å². The first-order valence-corrected chi connectivity index (χ1v) is 7.01. The maximum atomic E-state index is 9.52. The summed E-state index contributed by atoms with van der Waals surface area (Å²) in [6.07, 6.45) is 0.568. The standard InChI is InChI=1S/C17H17ClN2O/c1-17(12-19,20-16-6-4-3-5-15(16)18)11-13-7-9-14(21-2)10-8-13/h3-10,20H,11H2,1-2H3. The fourth-order valence-electron chi connectivity index (χ4n) is 2.12. The van der Waals surface area contributed by atoms with Crippen molar-refractivity contribution in [3.63, 3.8) is 0 Å². The minimum atomic E-state index is -0.737. The number of hydrogen-bond donors (Lipinski definition) is 1. The Bertz CT molecular complexity index is 649. The van der Waals surface area contributed by atoms with Gasteiger partial charge in [-0.3, -0.25) is 0 Å². The quantitative estimate of drug-likeness (QED) is 0.896. The van der Waals surface area contributed by atoms with Crippen LogP contribution in [0.1, 0.15) is 12.5 Å². The molecule has 2 rings (SSSR count). The summed E-state index contributed by atoms with van der Waals surface area (Å²) in [5.74, 6) is 0.802. The van der Waals surface area contributed by atoms with Crippen molar-refractivity contribution in [2.24, 2.45) is 0 Å². The van der Waals surface area contributed by atoms with Gasteiger partial charge in [-0.25, -0.2) is 0 Å². The van der Waals surface area contributed by atoms with Gasteiger partial charge >= 0.3 is 0 Å². The molecule has 2 aromatic carbocycles. The van der Waals surface area contributed by atoms with Gasteiger partial charge in [-0.15, -0.1) is 0 Å². The first-order chi connectivity index (χ1) is 10.1. The zero-order valence-corrected chi connectivity index (χ0v) is 12.8. The molecule has 21 heavy (non-hydrogen) atoms. The summed E-state index contributed by atoms with van der Waals surface area (Å²) in [6.45, 7) is 1.86. The molecule has 0 bridgehead atoms. The smallest absolute Gasteiger partial charge is 0.126 e. The van der Waals surface area contributed by atoms with Crippen LogP contribution in [0.15, 0.2) is 48.5 Å². The highest BCUT2D eigenvalue weighted by molar-refractivity contribution is 6.33. The molecule has 4 heteroatoms. The lowest BCUT2D eigenvalue weighted by Crippen LogP contribution is -2.35. The van der Waals surface area contributed by atoms with E-state index in [0.29, 0.717) is 11.4 Å². The Balaban J connectivity index is 2.17. The van der Waals surface area contributed by atoms with E-state index in [1.165, 1.54) is 0 Å². The van der Waals surface area contributed by atoms with E-state index in [1.54, 1.807) is 13.2 Å². The number of benzene rings is 2. The fraction of sp³-hybridized carbons (Fsp3) is 0.235. The van der Waals surface area contributed by atoms with Crippen molar-refractivity contribution in [2.45, 2.75) is 18.9 Å². The van der Waals surface area contributed by atoms with Crippen molar-refractivity contribution >= 4 is 17.3 Å². The van der Waals surface area contributed by atoms with Crippen molar-refractivity contribution in [3.05, 3.63) is 59.1 Å². The van der Waals surface area contributed by atoms with Crippen LogP contribution in [0.4, 0.5) is 5.69 Å². The minimum absolute atomic E-state index is 0.568. The highest BCUT2D eigenvalue weighted by Gasteiger charge is 2.24. The first kappa shape index (κ1) is 15.2. The molecule has 1 atom stereocenters. The molecular weight excluding hydrogens is 284 g/mol. The number of para-hydroxylation sites is 1. The van der Waals surface area contributed by atoms with E-state index in [-0.39, 0.29) is 0 Å². The molecule has 2 aromatic rings. The Morgan fingerprint density at radius 1 is 1.19 bits per heavy atom. The predicted molar refractivity (Wildman–Crippen MR) is 85.8 cm³/mol. The molecule has 0 amide bonds. The number of rotatable bonds is 5. The average molecular weight is 301 g/mol. The van der Waals surface area contributed by atoms with Crippen LogP contribution in [0.2, 0.25) is 5.02 Å². The van der Waals surface area contributed by atoms with Gasteiger partial charge in [0.2, 0.25) is 0 Å². The molecule has 0 heterocycles. The zero-order chi connectivity index (χ0) is 15.3. The van der Waals surface area contributed by atoms with E-state index in [1.807, 2.05) is 49.4 Å². The van der Waals surface area contributed by atoms with Crippen LogP contribution >= 0.6 is 11.6 Å². The summed E-state index contributed by atoms with van der Waals surface area (Å²) in [7, 11) is 1.63. The molecule has 0 fully saturated rings. The van der Waals surface area contributed by atoms with Crippen molar-refractivity contribution < 1.29 is 4.74 Å². The zero-order valence-electron chi connectivity index (χ0n) is 12.1. The maximum absolute atomic E-state index is 9.52. The van der Waals surface area contributed by atoms with Crippen molar-refractivity contribution in [3.8, 4) is 11.8 Å². The van der Waals surface area contributed by atoms with Gasteiger partial charge in [0.05, 0.1) is 23.9 Å². The molecule has 0 radical (unpaired) electrons. The molecule has 108 valence electrons. The van der Waals surface area contributed by atoms with Gasteiger partial charge in [0, 0.05) is 6.42 Å². The van der Waals surface area contributed by atoms with E-state index >= 15 is 0 Å². The summed E-state index contributed by atoms with van der Waals surface area (Å²) in [5, 5.41) is 13.4. The molecular formula is C17H17ClN2O. The molecule has 3 nitrogen and oxygen atoms in total. The number of halogens is 1. The fourth-order valence-corrected chi connectivity index (χ4v) is 2.31. The van der Waals surface area contributed by atoms with E-state index in [0.717, 1.165) is 17.0 Å². The Morgan fingerprint density at radius 2 is 1.86 bits per heavy atom. The highest BCUT2D eigenvalue weighted by Crippen LogP contribution is 2.26. The lowest BCUT2D eigenvalue weighted by molar-refractivity contribution is 0.414. The van der Waals surface area contributed by atoms with Crippen LogP contribution in [-0.2, 0) is 6.42 Å². The minimum Gasteiger partial charge on any atom is -0.497 e. The molecule has 0 aliphatic carbocycles. The lowest BCUT2D eigenvalue weighted by atomic mass is 9.94. The van der Waals surface area contributed by atoms with Crippen LogP contribution < -0.4 is 10.1 Å². The SMILES string of the molecule is COc1ccc(CC(C)(C#N)Nc2ccccc2Cl)cc1. The maximum Gasteiger partial charge on any atom is 0.126 e. The molecule has 0 aliphatic rings. The number of hydrogen-bond acceptors (Lipinski definition) is 3. The van der Waals surface area contributed by atoms with Crippen LogP contribution in [0.5, 0.6) is 5.75 Å². The van der Waals surface area contributed by atoms with Gasteiger partial charge in [-0.1, -0.05) is 35.9 Å². The number of ether oxygens (including phenoxy) is 1. The van der Waals surface area contributed by atoms with E-state index < -0.39 is 5.54 Å². The molecule has 0 spiro atoms. The summed E-state index contributed by atoms with van der Waals surface area (Å²) < 4.78 is 5.14. The molecule has 1 N–H and O–H groups in total. The average Bonchev–Trinajstić information content (AvgIpc) is 2.50. The van der Waals surface area contributed by atoms with Crippen molar-refractivity contribution in [1.29, 1.82) is 5.26 Å². The second-order valence-corrected chi connectivity index (χ2v) is 5.48. The van der Waals surface area contributed by atoms with Crippen LogP contribution in [0, 0.1) is 11.3 Å². The monoisotopic (exact) mass is 300 g/mol. The number of methoxy groups -OCH3 is 1. The normalized spacial score (nSPS) is 13.0. The third kappa shape index (κ3) is 3.90. The van der Waals surface area contributed by atoms with Gasteiger partial charge in [0.25, 0.3) is 0 Å². The summed E-state index contributed by atoms with van der Waals surface area (Å²) in [5.41, 5.74) is 1.08. The van der Waals surface area contributed by atoms with Crippen LogP contribution in [-0.4, -0.2) is 12.6 Å². The van der Waals surface area contributed by atoms with Crippen LogP contribution in [0.3, 0.4) is 0 Å². The number of nitrogens with one attached hydrogen (secondary N) is 1. The Labute approximate surface area is 130 Å². The van der Waals surface area contributed by atoms with Crippen molar-refractivity contribution in [1.82, 2.24) is 0 Å². The molecule has 0 saturated heterocycles. The largest absolute Gasteiger partial charge is 0.497 e. The summed E-state index contributed by atoms with van der Waals surface area (Å²) in [4.78, 5) is 0. The Kier molecular flexibility index (Phi) is 4.72. The highest BCUT2D eigenvalue weighted by atomic mass is 35.5. The third-order valence-electron chi connectivity index (χ3n) is 3.25. The molecule has 0 aliphatic heterocycles. The topological polar surface area (TPSA) is 45.0 Å². The summed E-state index contributed by atoms with van der Waals surface area (Å²) >= 11 is 6.14. The first-order valence-electron chi connectivity index (χ1n) is 6.63. The second kappa shape index (κ2) is 6.51. The van der Waals surface area contributed by atoms with Gasteiger partial charge in [-0.05, 0) is 36.8 Å². The van der Waals surface area contributed by atoms with E-state index in [2.05, 4.69) is 11.4 Å². The molecule has 1 unspecified atom stereocenters. The Hall–Kier alpha value is -2.18. The van der Waals surface area contributed by atoms with E-state index in [4.69, 9.17) is 16.3 Å². The van der Waals surface area contributed by atoms with Gasteiger partial charge < -0.3 is 10.1 Å². The number of nitriles is 1. The van der Waals surface area contributed by atoms with Crippen molar-refractivity contribution in [2.75, 3.05) is 12.4 Å². The van der Waals surface area contributed by atoms with Gasteiger partial charge in [0.15, 0.2) is 0 Å².